The Morgan fingerprint density at radius 3 is 2.30 bits per heavy atom. The van der Waals surface area contributed by atoms with E-state index in [2.05, 4.69) is 70.8 Å². The second-order valence-electron chi connectivity index (χ2n) is 8.04. The minimum Gasteiger partial charge on any atom is -0.497 e. The zero-order valence-electron chi connectivity index (χ0n) is 17.0. The molecule has 0 radical (unpaired) electrons. The summed E-state index contributed by atoms with van der Waals surface area (Å²) in [7, 11) is 5.74. The Morgan fingerprint density at radius 2 is 1.70 bits per heavy atom. The third-order valence-electron chi connectivity index (χ3n) is 4.51. The van der Waals surface area contributed by atoms with E-state index >= 15 is 0 Å². The zero-order valence-corrected chi connectivity index (χ0v) is 17.0. The van der Waals surface area contributed by atoms with Crippen molar-refractivity contribution in [2.75, 3.05) is 21.2 Å². The number of aromatic nitrogens is 3. The van der Waals surface area contributed by atoms with Gasteiger partial charge in [-0.1, -0.05) is 51.1 Å². The van der Waals surface area contributed by atoms with Gasteiger partial charge in [0.25, 0.3) is 0 Å². The molecule has 1 heterocycles. The average molecular weight is 364 g/mol. The van der Waals surface area contributed by atoms with Crippen molar-refractivity contribution >= 4 is 0 Å². The predicted octanol–water partition coefficient (Wildman–Crippen LogP) is 4.30. The Hall–Kier alpha value is -2.66. The lowest BCUT2D eigenvalue weighted by Crippen LogP contribution is -2.15. The van der Waals surface area contributed by atoms with Gasteiger partial charge in [0.05, 0.1) is 19.3 Å². The van der Waals surface area contributed by atoms with E-state index in [-0.39, 0.29) is 5.41 Å². The Morgan fingerprint density at radius 1 is 1.00 bits per heavy atom. The molecule has 0 aliphatic heterocycles. The van der Waals surface area contributed by atoms with Gasteiger partial charge in [0.1, 0.15) is 5.75 Å². The first-order valence-corrected chi connectivity index (χ1v) is 9.14. The number of ether oxygens (including phenoxy) is 1. The number of benzene rings is 2. The molecule has 0 bridgehead atoms. The highest BCUT2D eigenvalue weighted by molar-refractivity contribution is 5.60. The molecule has 0 spiro atoms. The second kappa shape index (κ2) is 7.53. The Kier molecular flexibility index (Phi) is 5.33. The number of hydrogen-bond acceptors (Lipinski definition) is 4. The van der Waals surface area contributed by atoms with Crippen LogP contribution >= 0.6 is 0 Å². The topological polar surface area (TPSA) is 43.2 Å². The van der Waals surface area contributed by atoms with Crippen LogP contribution in [0.1, 0.15) is 32.2 Å². The average Bonchev–Trinajstić information content (AvgIpc) is 3.04. The normalized spacial score (nSPS) is 11.8. The zero-order chi connectivity index (χ0) is 19.6. The summed E-state index contributed by atoms with van der Waals surface area (Å²) in [6.45, 7) is 7.35. The highest BCUT2D eigenvalue weighted by Gasteiger charge is 2.18. The maximum absolute atomic E-state index is 5.41. The van der Waals surface area contributed by atoms with Crippen molar-refractivity contribution in [3.8, 4) is 22.8 Å². The van der Waals surface area contributed by atoms with Crippen LogP contribution in [0.3, 0.4) is 0 Å². The monoisotopic (exact) mass is 364 g/mol. The molecule has 3 aromatic rings. The summed E-state index contributed by atoms with van der Waals surface area (Å²) in [4.78, 5) is 2.09. The number of rotatable bonds is 5. The van der Waals surface area contributed by atoms with Crippen molar-refractivity contribution < 1.29 is 4.74 Å². The lowest BCUT2D eigenvalue weighted by molar-refractivity contribution is 0.387. The molecule has 2 aromatic carbocycles. The van der Waals surface area contributed by atoms with E-state index in [1.807, 2.05) is 32.3 Å². The molecule has 0 fully saturated rings. The van der Waals surface area contributed by atoms with Gasteiger partial charge in [-0.3, -0.25) is 4.57 Å². The van der Waals surface area contributed by atoms with Crippen LogP contribution in [0.2, 0.25) is 0 Å². The van der Waals surface area contributed by atoms with Crippen molar-refractivity contribution in [2.24, 2.45) is 0 Å². The highest BCUT2D eigenvalue weighted by Crippen LogP contribution is 2.28. The van der Waals surface area contributed by atoms with Gasteiger partial charge < -0.3 is 9.64 Å². The minimum atomic E-state index is 0.120. The first kappa shape index (κ1) is 19.1. The Balaban J connectivity index is 2.11. The van der Waals surface area contributed by atoms with Crippen molar-refractivity contribution in [1.82, 2.24) is 19.7 Å². The van der Waals surface area contributed by atoms with Crippen LogP contribution in [-0.4, -0.2) is 40.9 Å². The fourth-order valence-electron chi connectivity index (χ4n) is 3.03. The first-order chi connectivity index (χ1) is 12.8. The maximum Gasteiger partial charge on any atom is 0.168 e. The van der Waals surface area contributed by atoms with Gasteiger partial charge in [0.2, 0.25) is 0 Å². The summed E-state index contributed by atoms with van der Waals surface area (Å²) in [6, 6.07) is 16.6. The third-order valence-corrected chi connectivity index (χ3v) is 4.51. The van der Waals surface area contributed by atoms with Crippen molar-refractivity contribution in [1.29, 1.82) is 0 Å². The molecular formula is C22H28N4O. The van der Waals surface area contributed by atoms with Crippen LogP contribution in [0.15, 0.2) is 48.5 Å². The summed E-state index contributed by atoms with van der Waals surface area (Å²) >= 11 is 0. The lowest BCUT2D eigenvalue weighted by Gasteiger charge is -2.19. The summed E-state index contributed by atoms with van der Waals surface area (Å²) < 4.78 is 7.51. The molecule has 0 N–H and O–H groups in total. The van der Waals surface area contributed by atoms with Crippen LogP contribution in [0.25, 0.3) is 17.1 Å². The third kappa shape index (κ3) is 4.19. The quantitative estimate of drug-likeness (QED) is 0.677. The molecule has 27 heavy (non-hydrogen) atoms. The van der Waals surface area contributed by atoms with Crippen LogP contribution in [0, 0.1) is 0 Å². The number of nitrogens with zero attached hydrogens (tertiary/aromatic N) is 4. The molecule has 5 heteroatoms. The Labute approximate surface area is 161 Å². The molecule has 0 amide bonds. The lowest BCUT2D eigenvalue weighted by atomic mass is 9.86. The smallest absolute Gasteiger partial charge is 0.168 e. The van der Waals surface area contributed by atoms with E-state index in [0.717, 1.165) is 28.6 Å². The summed E-state index contributed by atoms with van der Waals surface area (Å²) in [5.74, 6) is 2.54. The van der Waals surface area contributed by atoms with Gasteiger partial charge in [0, 0.05) is 11.6 Å². The molecule has 0 atom stereocenters. The van der Waals surface area contributed by atoms with E-state index in [9.17, 15) is 0 Å². The molecular weight excluding hydrogens is 336 g/mol. The van der Waals surface area contributed by atoms with Crippen LogP contribution in [-0.2, 0) is 12.0 Å². The van der Waals surface area contributed by atoms with Crippen molar-refractivity contribution in [3.05, 3.63) is 59.9 Å². The van der Waals surface area contributed by atoms with Gasteiger partial charge in [-0.15, -0.1) is 10.2 Å². The summed E-state index contributed by atoms with van der Waals surface area (Å²) in [5, 5.41) is 8.97. The fourth-order valence-corrected chi connectivity index (χ4v) is 3.03. The SMILES string of the molecule is COc1cccc(-n2c(CN(C)C)nnc2-c2ccc(C(C)(C)C)cc2)c1. The summed E-state index contributed by atoms with van der Waals surface area (Å²) in [5.41, 5.74) is 3.45. The van der Waals surface area contributed by atoms with Crippen LogP contribution in [0.5, 0.6) is 5.75 Å². The second-order valence-corrected chi connectivity index (χ2v) is 8.04. The Bertz CT molecular complexity index is 905. The molecule has 0 aliphatic rings. The largest absolute Gasteiger partial charge is 0.497 e. The predicted molar refractivity (Wildman–Crippen MR) is 109 cm³/mol. The summed E-state index contributed by atoms with van der Waals surface area (Å²) in [6.07, 6.45) is 0. The molecule has 1 aromatic heterocycles. The number of methoxy groups -OCH3 is 1. The van der Waals surface area contributed by atoms with Crippen molar-refractivity contribution in [3.63, 3.8) is 0 Å². The van der Waals surface area contributed by atoms with Crippen LogP contribution < -0.4 is 4.74 Å². The molecule has 5 nitrogen and oxygen atoms in total. The van der Waals surface area contributed by atoms with Gasteiger partial charge in [-0.25, -0.2) is 0 Å². The van der Waals surface area contributed by atoms with E-state index in [1.165, 1.54) is 5.56 Å². The molecule has 0 saturated heterocycles. The molecule has 142 valence electrons. The maximum atomic E-state index is 5.41. The molecule has 0 saturated carbocycles. The van der Waals surface area contributed by atoms with Gasteiger partial charge in [0.15, 0.2) is 11.6 Å². The highest BCUT2D eigenvalue weighted by atomic mass is 16.5. The first-order valence-electron chi connectivity index (χ1n) is 9.14. The van der Waals surface area contributed by atoms with Gasteiger partial charge in [-0.2, -0.15) is 0 Å². The van der Waals surface area contributed by atoms with Crippen molar-refractivity contribution in [2.45, 2.75) is 32.7 Å². The molecule has 0 unspecified atom stereocenters. The molecule has 3 rings (SSSR count). The van der Waals surface area contributed by atoms with E-state index in [1.54, 1.807) is 7.11 Å². The van der Waals surface area contributed by atoms with E-state index in [0.29, 0.717) is 6.54 Å². The van der Waals surface area contributed by atoms with E-state index < -0.39 is 0 Å². The standard InChI is InChI=1S/C22H28N4O/c1-22(2,3)17-12-10-16(11-13-17)21-24-23-20(15-25(4)5)26(21)18-8-7-9-19(14-18)27-6/h7-14H,15H2,1-6H3. The fraction of sp³-hybridized carbons (Fsp3) is 0.364. The number of hydrogen-bond donors (Lipinski definition) is 0. The van der Waals surface area contributed by atoms with E-state index in [4.69, 9.17) is 4.74 Å². The van der Waals surface area contributed by atoms with Crippen LogP contribution in [0.4, 0.5) is 0 Å². The minimum absolute atomic E-state index is 0.120. The van der Waals surface area contributed by atoms with Gasteiger partial charge >= 0.3 is 0 Å². The molecule has 0 aliphatic carbocycles. The van der Waals surface area contributed by atoms with Gasteiger partial charge in [-0.05, 0) is 37.2 Å².